The van der Waals surface area contributed by atoms with Crippen LogP contribution in [0.5, 0.6) is 5.75 Å². The molecule has 178 valence electrons. The Labute approximate surface area is 205 Å². The lowest BCUT2D eigenvalue weighted by Crippen LogP contribution is -2.32. The van der Waals surface area contributed by atoms with E-state index in [9.17, 15) is 4.79 Å². The molecule has 1 saturated heterocycles. The van der Waals surface area contributed by atoms with Gasteiger partial charge in [0.15, 0.2) is 5.13 Å². The number of hydrogen-bond acceptors (Lipinski definition) is 7. The van der Waals surface area contributed by atoms with Crippen LogP contribution in [-0.2, 0) is 22.4 Å². The van der Waals surface area contributed by atoms with Gasteiger partial charge in [-0.2, -0.15) is 11.8 Å². The van der Waals surface area contributed by atoms with Crippen LogP contribution in [0.2, 0.25) is 0 Å². The third-order valence-corrected chi connectivity index (χ3v) is 8.41. The highest BCUT2D eigenvalue weighted by molar-refractivity contribution is 7.99. The van der Waals surface area contributed by atoms with Crippen LogP contribution in [0.15, 0.2) is 24.3 Å². The number of allylic oxidation sites excluding steroid dienone is 2. The van der Waals surface area contributed by atoms with E-state index in [0.717, 1.165) is 48.9 Å². The van der Waals surface area contributed by atoms with Crippen LogP contribution in [0.25, 0.3) is 5.57 Å². The van der Waals surface area contributed by atoms with Gasteiger partial charge < -0.3 is 14.4 Å². The van der Waals surface area contributed by atoms with Gasteiger partial charge in [-0.1, -0.05) is 18.2 Å². The number of hydrogen-bond donors (Lipinski definition) is 0. The van der Waals surface area contributed by atoms with Gasteiger partial charge in [0.25, 0.3) is 0 Å². The lowest BCUT2D eigenvalue weighted by Gasteiger charge is -2.27. The van der Waals surface area contributed by atoms with Crippen molar-refractivity contribution in [1.82, 2.24) is 4.98 Å². The zero-order valence-corrected chi connectivity index (χ0v) is 21.7. The fraction of sp³-hybridized carbons (Fsp3) is 0.538. The Morgan fingerprint density at radius 2 is 2.03 bits per heavy atom. The molecule has 7 heteroatoms. The Morgan fingerprint density at radius 3 is 2.79 bits per heavy atom. The minimum Gasteiger partial charge on any atom is -0.493 e. The summed E-state index contributed by atoms with van der Waals surface area (Å²) in [5, 5.41) is 1.16. The van der Waals surface area contributed by atoms with Crippen LogP contribution >= 0.6 is 23.1 Å². The lowest BCUT2D eigenvalue weighted by molar-refractivity contribution is -0.150. The molecule has 2 heterocycles. The first-order valence-corrected chi connectivity index (χ1v) is 13.7. The monoisotopic (exact) mass is 486 g/mol. The maximum Gasteiger partial charge on any atom is 0.311 e. The van der Waals surface area contributed by atoms with Crippen LogP contribution in [0.1, 0.15) is 48.4 Å². The molecule has 0 bridgehead atoms. The van der Waals surface area contributed by atoms with Crippen molar-refractivity contribution >= 4 is 39.8 Å². The second kappa shape index (κ2) is 10.5. The third-order valence-electron chi connectivity index (χ3n) is 6.39. The highest BCUT2D eigenvalue weighted by atomic mass is 32.2. The molecule has 0 atom stereocenters. The number of ether oxygens (including phenoxy) is 2. The Bertz CT molecular complexity index is 1020. The van der Waals surface area contributed by atoms with Crippen molar-refractivity contribution in [2.75, 3.05) is 43.2 Å². The van der Waals surface area contributed by atoms with Gasteiger partial charge in [0.05, 0.1) is 24.8 Å². The molecule has 1 aromatic heterocycles. The molecular formula is C26H34N2O3S2. The maximum atomic E-state index is 12.2. The summed E-state index contributed by atoms with van der Waals surface area (Å²) in [6.45, 7) is 8.85. The first kappa shape index (κ1) is 24.1. The highest BCUT2D eigenvalue weighted by Crippen LogP contribution is 2.39. The highest BCUT2D eigenvalue weighted by Gasteiger charge is 2.31. The van der Waals surface area contributed by atoms with Crippen molar-refractivity contribution in [2.24, 2.45) is 5.41 Å². The van der Waals surface area contributed by atoms with Gasteiger partial charge in [-0.3, -0.25) is 4.79 Å². The molecule has 2 aliphatic rings. The maximum absolute atomic E-state index is 12.2. The van der Waals surface area contributed by atoms with Gasteiger partial charge in [0.1, 0.15) is 5.75 Å². The van der Waals surface area contributed by atoms with E-state index in [2.05, 4.69) is 36.1 Å². The molecule has 5 nitrogen and oxygen atoms in total. The van der Waals surface area contributed by atoms with Gasteiger partial charge in [-0.05, 0) is 57.2 Å². The van der Waals surface area contributed by atoms with E-state index in [1.165, 1.54) is 40.2 Å². The predicted molar refractivity (Wildman–Crippen MR) is 139 cm³/mol. The van der Waals surface area contributed by atoms with E-state index >= 15 is 0 Å². The zero-order valence-electron chi connectivity index (χ0n) is 20.1. The second-order valence-electron chi connectivity index (χ2n) is 9.30. The number of methoxy groups -OCH3 is 1. The molecular weight excluding hydrogens is 452 g/mol. The predicted octanol–water partition coefficient (Wildman–Crippen LogP) is 5.55. The normalized spacial score (nSPS) is 16.2. The Kier molecular flexibility index (Phi) is 7.69. The molecule has 4 rings (SSSR count). The standard InChI is InChI=1S/C26H34N2O3S2/c1-18-22(27-25(33-18)28-12-15-32-16-13-28)11-14-31-23-10-6-8-20-19(7-5-9-21(20)23)17-26(2,3)24(29)30-4/h6-8,10H,5,9,11-17H2,1-4H3. The quantitative estimate of drug-likeness (QED) is 0.456. The van der Waals surface area contributed by atoms with E-state index in [0.29, 0.717) is 13.0 Å². The number of thiazole rings is 1. The first-order chi connectivity index (χ1) is 15.9. The van der Waals surface area contributed by atoms with Crippen molar-refractivity contribution in [3.63, 3.8) is 0 Å². The summed E-state index contributed by atoms with van der Waals surface area (Å²) in [4.78, 5) is 20.8. The smallest absolute Gasteiger partial charge is 0.311 e. The number of carbonyl (C=O) groups is 1. The van der Waals surface area contributed by atoms with Crippen LogP contribution in [0.3, 0.4) is 0 Å². The molecule has 1 aliphatic carbocycles. The van der Waals surface area contributed by atoms with Crippen molar-refractivity contribution in [2.45, 2.75) is 46.5 Å². The van der Waals surface area contributed by atoms with Crippen molar-refractivity contribution in [1.29, 1.82) is 0 Å². The molecule has 2 aromatic rings. The number of aryl methyl sites for hydroxylation is 1. The van der Waals surface area contributed by atoms with E-state index < -0.39 is 5.41 Å². The van der Waals surface area contributed by atoms with Crippen LogP contribution in [0.4, 0.5) is 5.13 Å². The largest absolute Gasteiger partial charge is 0.493 e. The Balaban J connectivity index is 1.42. The molecule has 1 fully saturated rings. The summed E-state index contributed by atoms with van der Waals surface area (Å²) in [5.74, 6) is 3.15. The number of fused-ring (bicyclic) bond motifs is 1. The van der Waals surface area contributed by atoms with E-state index in [-0.39, 0.29) is 5.97 Å². The molecule has 1 aromatic carbocycles. The number of carbonyl (C=O) groups excluding carboxylic acids is 1. The molecule has 0 amide bonds. The van der Waals surface area contributed by atoms with Gasteiger partial charge >= 0.3 is 5.97 Å². The number of esters is 1. The number of benzene rings is 1. The number of nitrogens with zero attached hydrogens (tertiary/aromatic N) is 2. The summed E-state index contributed by atoms with van der Waals surface area (Å²) in [7, 11) is 1.46. The molecule has 0 unspecified atom stereocenters. The van der Waals surface area contributed by atoms with Crippen LogP contribution in [-0.4, -0.2) is 49.3 Å². The van der Waals surface area contributed by atoms with Crippen molar-refractivity contribution in [3.8, 4) is 5.75 Å². The van der Waals surface area contributed by atoms with E-state index in [4.69, 9.17) is 14.5 Å². The van der Waals surface area contributed by atoms with E-state index in [1.807, 2.05) is 25.6 Å². The zero-order chi connectivity index (χ0) is 23.4. The second-order valence-corrected chi connectivity index (χ2v) is 11.7. The fourth-order valence-corrected chi connectivity index (χ4v) is 6.45. The Hall–Kier alpha value is -1.99. The summed E-state index contributed by atoms with van der Waals surface area (Å²) < 4.78 is 11.3. The SMILES string of the molecule is COC(=O)C(C)(C)CC1=CCCc2c(OCCc3nc(N4CCSCC4)sc3C)cccc21. The molecule has 0 saturated carbocycles. The minimum absolute atomic E-state index is 0.177. The molecule has 0 radical (unpaired) electrons. The fourth-order valence-electron chi connectivity index (χ4n) is 4.54. The minimum atomic E-state index is -0.557. The number of rotatable bonds is 8. The van der Waals surface area contributed by atoms with Gasteiger partial charge in [-0.15, -0.1) is 11.3 Å². The number of aromatic nitrogens is 1. The third kappa shape index (κ3) is 5.57. The Morgan fingerprint density at radius 1 is 1.24 bits per heavy atom. The van der Waals surface area contributed by atoms with Gasteiger partial charge in [-0.25, -0.2) is 4.98 Å². The van der Waals surface area contributed by atoms with Crippen LogP contribution < -0.4 is 9.64 Å². The average molecular weight is 487 g/mol. The average Bonchev–Trinajstić information content (AvgIpc) is 3.19. The summed E-state index contributed by atoms with van der Waals surface area (Å²) in [6, 6.07) is 6.27. The summed E-state index contributed by atoms with van der Waals surface area (Å²) in [5.41, 5.74) is 4.25. The molecule has 0 N–H and O–H groups in total. The van der Waals surface area contributed by atoms with Gasteiger partial charge in [0.2, 0.25) is 0 Å². The number of thioether (sulfide) groups is 1. The molecule has 33 heavy (non-hydrogen) atoms. The van der Waals surface area contributed by atoms with Crippen LogP contribution in [0, 0.1) is 12.3 Å². The van der Waals surface area contributed by atoms with Gasteiger partial charge in [0, 0.05) is 41.5 Å². The van der Waals surface area contributed by atoms with Crippen molar-refractivity contribution < 1.29 is 14.3 Å². The topological polar surface area (TPSA) is 51.7 Å². The summed E-state index contributed by atoms with van der Waals surface area (Å²) in [6.07, 6.45) is 5.65. The molecule has 0 spiro atoms. The van der Waals surface area contributed by atoms with Crippen molar-refractivity contribution in [3.05, 3.63) is 46.0 Å². The number of anilines is 1. The van der Waals surface area contributed by atoms with E-state index in [1.54, 1.807) is 11.3 Å². The first-order valence-electron chi connectivity index (χ1n) is 11.7. The lowest BCUT2D eigenvalue weighted by atomic mass is 9.79. The molecule has 1 aliphatic heterocycles. The summed E-state index contributed by atoms with van der Waals surface area (Å²) >= 11 is 3.83.